The van der Waals surface area contributed by atoms with Gasteiger partial charge in [0.05, 0.1) is 18.2 Å². The van der Waals surface area contributed by atoms with E-state index < -0.39 is 52.5 Å². The van der Waals surface area contributed by atoms with Gasteiger partial charge in [0.15, 0.2) is 22.6 Å². The van der Waals surface area contributed by atoms with E-state index >= 15 is 0 Å². The second-order valence-corrected chi connectivity index (χ2v) is 8.99. The topological polar surface area (TPSA) is 67.5 Å². The number of anilines is 1. The highest BCUT2D eigenvalue weighted by atomic mass is 19.4. The smallest absolute Gasteiger partial charge is 0.417 e. The Morgan fingerprint density at radius 2 is 1.86 bits per heavy atom. The van der Waals surface area contributed by atoms with E-state index in [-0.39, 0.29) is 22.3 Å². The summed E-state index contributed by atoms with van der Waals surface area (Å²) in [4.78, 5) is 21.9. The number of alkyl halides is 3. The number of aromatic nitrogens is 2. The van der Waals surface area contributed by atoms with Gasteiger partial charge in [0.1, 0.15) is 17.6 Å². The maximum absolute atomic E-state index is 14.6. The molecule has 11 heteroatoms. The molecule has 2 aromatic heterocycles. The van der Waals surface area contributed by atoms with E-state index in [2.05, 4.69) is 9.97 Å². The number of H-pyrrole nitrogens is 1. The number of aromatic amines is 1. The van der Waals surface area contributed by atoms with Gasteiger partial charge >= 0.3 is 6.18 Å². The first-order valence-electron chi connectivity index (χ1n) is 10.8. The second kappa shape index (κ2) is 8.47. The molecule has 35 heavy (non-hydrogen) atoms. The SMILES string of the molecule is COc1c([C@H]2[C@H](c3cc(=O)c4ccc(N(C)C)nc4[nH]3)O[C@@](C)(C(F)(F)F)[C@H]2C)ccc(F)c1F. The molecule has 3 heterocycles. The Balaban J connectivity index is 1.96. The summed E-state index contributed by atoms with van der Waals surface area (Å²) in [5, 5.41) is 0.242. The van der Waals surface area contributed by atoms with Crippen LogP contribution in [-0.2, 0) is 4.74 Å². The van der Waals surface area contributed by atoms with Crippen LogP contribution in [0, 0.1) is 17.6 Å². The van der Waals surface area contributed by atoms with Gasteiger partial charge in [0.2, 0.25) is 5.82 Å². The molecule has 0 amide bonds. The van der Waals surface area contributed by atoms with Crippen LogP contribution in [0.2, 0.25) is 0 Å². The predicted molar refractivity (Wildman–Crippen MR) is 120 cm³/mol. The van der Waals surface area contributed by atoms with Crippen LogP contribution in [-0.4, -0.2) is 43.0 Å². The van der Waals surface area contributed by atoms with Crippen molar-refractivity contribution in [2.75, 3.05) is 26.1 Å². The first-order valence-corrected chi connectivity index (χ1v) is 10.8. The van der Waals surface area contributed by atoms with Gasteiger partial charge in [0.25, 0.3) is 0 Å². The fraction of sp³-hybridized carbons (Fsp3) is 0.417. The lowest BCUT2D eigenvalue weighted by Gasteiger charge is -2.32. The Kier molecular flexibility index (Phi) is 6.03. The van der Waals surface area contributed by atoms with Crippen molar-refractivity contribution in [3.63, 3.8) is 0 Å². The average molecular weight is 497 g/mol. The summed E-state index contributed by atoms with van der Waals surface area (Å²) in [7, 11) is 4.60. The van der Waals surface area contributed by atoms with Gasteiger partial charge in [-0.2, -0.15) is 17.6 Å². The standard InChI is InChI=1S/C24H24F5N3O3/c1-11-18(13-6-8-14(25)19(26)20(13)34-5)21(35-23(11,2)24(27,28)29)15-10-16(33)12-7-9-17(32(3)4)31-22(12)30-15/h6-11,18,21H,1-5H3,(H,30,31,33)/t11-,18-,21-,23+/m0/s1. The maximum atomic E-state index is 14.6. The number of ether oxygens (including phenoxy) is 2. The number of hydrogen-bond donors (Lipinski definition) is 1. The van der Waals surface area contributed by atoms with Crippen LogP contribution < -0.4 is 15.1 Å². The van der Waals surface area contributed by atoms with Crippen LogP contribution in [0.4, 0.5) is 27.8 Å². The van der Waals surface area contributed by atoms with Gasteiger partial charge in [-0.25, -0.2) is 9.37 Å². The predicted octanol–water partition coefficient (Wildman–Crippen LogP) is 5.09. The van der Waals surface area contributed by atoms with E-state index in [1.54, 1.807) is 31.1 Å². The number of methoxy groups -OCH3 is 1. The number of nitrogens with zero attached hydrogens (tertiary/aromatic N) is 2. The molecule has 1 aliphatic heterocycles. The molecular formula is C24H24F5N3O3. The molecule has 1 aromatic carbocycles. The zero-order valence-corrected chi connectivity index (χ0v) is 19.6. The summed E-state index contributed by atoms with van der Waals surface area (Å²) in [6, 6.07) is 6.36. The number of pyridine rings is 2. The molecule has 0 spiro atoms. The Morgan fingerprint density at radius 1 is 1.17 bits per heavy atom. The molecule has 4 atom stereocenters. The van der Waals surface area contributed by atoms with Gasteiger partial charge in [0, 0.05) is 37.6 Å². The minimum Gasteiger partial charge on any atom is -0.493 e. The molecule has 0 aliphatic carbocycles. The molecule has 6 nitrogen and oxygen atoms in total. The molecule has 1 fully saturated rings. The van der Waals surface area contributed by atoms with Crippen LogP contribution in [0.1, 0.15) is 37.1 Å². The molecule has 1 N–H and O–H groups in total. The molecule has 188 valence electrons. The number of hydrogen-bond acceptors (Lipinski definition) is 5. The van der Waals surface area contributed by atoms with Crippen molar-refractivity contribution in [3.8, 4) is 5.75 Å². The largest absolute Gasteiger partial charge is 0.493 e. The first kappa shape index (κ1) is 24.9. The van der Waals surface area contributed by atoms with E-state index in [0.29, 0.717) is 5.82 Å². The number of fused-ring (bicyclic) bond motifs is 1. The van der Waals surface area contributed by atoms with Crippen LogP contribution in [0.15, 0.2) is 35.1 Å². The van der Waals surface area contributed by atoms with Crippen LogP contribution in [0.5, 0.6) is 5.75 Å². The highest BCUT2D eigenvalue weighted by molar-refractivity contribution is 5.76. The van der Waals surface area contributed by atoms with Gasteiger partial charge in [-0.15, -0.1) is 0 Å². The van der Waals surface area contributed by atoms with Gasteiger partial charge in [-0.3, -0.25) is 4.79 Å². The van der Waals surface area contributed by atoms with Gasteiger partial charge in [-0.1, -0.05) is 13.0 Å². The highest BCUT2D eigenvalue weighted by Crippen LogP contribution is 2.59. The third kappa shape index (κ3) is 3.91. The third-order valence-corrected chi connectivity index (χ3v) is 6.77. The summed E-state index contributed by atoms with van der Waals surface area (Å²) >= 11 is 0. The quantitative estimate of drug-likeness (QED) is 0.509. The van der Waals surface area contributed by atoms with E-state index in [9.17, 15) is 26.7 Å². The fourth-order valence-electron chi connectivity index (χ4n) is 4.62. The lowest BCUT2D eigenvalue weighted by atomic mass is 9.76. The van der Waals surface area contributed by atoms with E-state index in [1.807, 2.05) is 0 Å². The molecule has 1 aliphatic rings. The minimum absolute atomic E-state index is 0.00665. The third-order valence-electron chi connectivity index (χ3n) is 6.77. The summed E-state index contributed by atoms with van der Waals surface area (Å²) < 4.78 is 81.7. The average Bonchev–Trinajstić information content (AvgIpc) is 3.07. The van der Waals surface area contributed by atoms with E-state index in [4.69, 9.17) is 9.47 Å². The highest BCUT2D eigenvalue weighted by Gasteiger charge is 2.65. The molecule has 0 bridgehead atoms. The van der Waals surface area contributed by atoms with Crippen LogP contribution in [0.3, 0.4) is 0 Å². The van der Waals surface area contributed by atoms with Gasteiger partial charge in [-0.05, 0) is 25.1 Å². The van der Waals surface area contributed by atoms with Crippen LogP contribution in [0.25, 0.3) is 11.0 Å². The molecule has 0 radical (unpaired) electrons. The summed E-state index contributed by atoms with van der Waals surface area (Å²) in [5.74, 6) is -4.92. The van der Waals surface area contributed by atoms with E-state index in [0.717, 1.165) is 26.2 Å². The van der Waals surface area contributed by atoms with Crippen molar-refractivity contribution < 1.29 is 31.4 Å². The van der Waals surface area contributed by atoms with Crippen molar-refractivity contribution in [1.82, 2.24) is 9.97 Å². The second-order valence-electron chi connectivity index (χ2n) is 8.99. The molecular weight excluding hydrogens is 473 g/mol. The van der Waals surface area contributed by atoms with Crippen molar-refractivity contribution in [1.29, 1.82) is 0 Å². The maximum Gasteiger partial charge on any atom is 0.417 e. The Bertz CT molecular complexity index is 1340. The molecule has 1 saturated heterocycles. The number of nitrogens with one attached hydrogen (secondary N) is 1. The summed E-state index contributed by atoms with van der Waals surface area (Å²) in [5.41, 5.74) is -2.94. The van der Waals surface area contributed by atoms with Crippen molar-refractivity contribution >= 4 is 16.9 Å². The summed E-state index contributed by atoms with van der Waals surface area (Å²) in [6.45, 7) is 2.22. The Hall–Kier alpha value is -3.21. The van der Waals surface area contributed by atoms with Gasteiger partial charge < -0.3 is 19.4 Å². The first-order chi connectivity index (χ1) is 16.3. The van der Waals surface area contributed by atoms with Crippen molar-refractivity contribution in [2.24, 2.45) is 5.92 Å². The van der Waals surface area contributed by atoms with Crippen molar-refractivity contribution in [3.05, 3.63) is 63.4 Å². The number of rotatable bonds is 4. The lowest BCUT2D eigenvalue weighted by molar-refractivity contribution is -0.275. The zero-order chi connectivity index (χ0) is 25.9. The lowest BCUT2D eigenvalue weighted by Crippen LogP contribution is -2.46. The number of halogens is 5. The molecule has 3 aromatic rings. The van der Waals surface area contributed by atoms with Crippen LogP contribution >= 0.6 is 0 Å². The fourth-order valence-corrected chi connectivity index (χ4v) is 4.62. The summed E-state index contributed by atoms with van der Waals surface area (Å²) in [6.07, 6.45) is -6.16. The zero-order valence-electron chi connectivity index (χ0n) is 19.6. The Morgan fingerprint density at radius 3 is 2.46 bits per heavy atom. The van der Waals surface area contributed by atoms with E-state index in [1.165, 1.54) is 13.0 Å². The van der Waals surface area contributed by atoms with Crippen molar-refractivity contribution in [2.45, 2.75) is 37.6 Å². The number of benzene rings is 1. The Labute approximate surface area is 197 Å². The molecule has 0 unspecified atom stereocenters. The molecule has 4 rings (SSSR count). The molecule has 0 saturated carbocycles. The normalized spacial score (nSPS) is 24.7. The minimum atomic E-state index is -4.79. The monoisotopic (exact) mass is 497 g/mol.